The number of furan rings is 1. The number of aliphatic hydroxyl groups excluding tert-OH is 1. The SMILES string of the molecule is CC(=O)O[C@H]1C[C@@H](C(=O)O)[C@]2(C)CC[C@H](CC(=O)O)[C@@](C)(C[C@H](O)c3ccoc3)[C@H]2C1=O. The van der Waals surface area contributed by atoms with Gasteiger partial charge in [-0.15, -0.1) is 0 Å². The molecule has 3 N–H and O–H groups in total. The Balaban J connectivity index is 2.10. The number of esters is 1. The summed E-state index contributed by atoms with van der Waals surface area (Å²) in [6.45, 7) is 4.66. The normalized spacial score (nSPS) is 35.6. The summed E-state index contributed by atoms with van der Waals surface area (Å²) in [7, 11) is 0. The molecule has 0 aromatic carbocycles. The van der Waals surface area contributed by atoms with Crippen molar-refractivity contribution in [3.05, 3.63) is 24.2 Å². The van der Waals surface area contributed by atoms with Gasteiger partial charge in [-0.05, 0) is 42.1 Å². The summed E-state index contributed by atoms with van der Waals surface area (Å²) < 4.78 is 10.3. The predicted octanol–water partition coefficient (Wildman–Crippen LogP) is 2.82. The number of fused-ring (bicyclic) bond motifs is 1. The van der Waals surface area contributed by atoms with Crippen LogP contribution in [0, 0.1) is 28.6 Å². The lowest BCUT2D eigenvalue weighted by Crippen LogP contribution is -2.62. The molecule has 1 heterocycles. The molecule has 176 valence electrons. The number of Topliss-reactive ketones (excluding diaryl/α,β-unsaturated/α-hetero) is 1. The van der Waals surface area contributed by atoms with E-state index in [4.69, 9.17) is 9.15 Å². The van der Waals surface area contributed by atoms with Crippen LogP contribution in [0.4, 0.5) is 0 Å². The van der Waals surface area contributed by atoms with E-state index in [0.29, 0.717) is 18.4 Å². The molecule has 1 aromatic rings. The first-order valence-electron chi connectivity index (χ1n) is 10.8. The fraction of sp³-hybridized carbons (Fsp3) is 0.652. The Morgan fingerprint density at radius 3 is 2.50 bits per heavy atom. The third-order valence-electron chi connectivity index (χ3n) is 7.72. The molecule has 0 aliphatic heterocycles. The van der Waals surface area contributed by atoms with Crippen LogP contribution in [-0.2, 0) is 23.9 Å². The molecule has 7 atom stereocenters. The van der Waals surface area contributed by atoms with Gasteiger partial charge in [0, 0.05) is 31.2 Å². The molecule has 2 fully saturated rings. The highest BCUT2D eigenvalue weighted by atomic mass is 16.5. The second kappa shape index (κ2) is 8.69. The summed E-state index contributed by atoms with van der Waals surface area (Å²) >= 11 is 0. The van der Waals surface area contributed by atoms with Crippen LogP contribution in [0.25, 0.3) is 0 Å². The molecule has 0 bridgehead atoms. The Bertz CT molecular complexity index is 891. The van der Waals surface area contributed by atoms with E-state index in [9.17, 15) is 34.5 Å². The van der Waals surface area contributed by atoms with E-state index in [1.807, 2.05) is 0 Å². The van der Waals surface area contributed by atoms with Crippen molar-refractivity contribution < 1.29 is 43.7 Å². The summed E-state index contributed by atoms with van der Waals surface area (Å²) in [6, 6.07) is 1.59. The summed E-state index contributed by atoms with van der Waals surface area (Å²) in [6.07, 6.45) is 0.982. The smallest absolute Gasteiger partial charge is 0.307 e. The summed E-state index contributed by atoms with van der Waals surface area (Å²) in [5.41, 5.74) is -1.53. The van der Waals surface area contributed by atoms with Gasteiger partial charge in [0.05, 0.1) is 24.5 Å². The van der Waals surface area contributed by atoms with Crippen molar-refractivity contribution in [1.82, 2.24) is 0 Å². The van der Waals surface area contributed by atoms with Crippen LogP contribution in [0.2, 0.25) is 0 Å². The first-order valence-corrected chi connectivity index (χ1v) is 10.8. The molecule has 3 rings (SSSR count). The van der Waals surface area contributed by atoms with Gasteiger partial charge in [0.25, 0.3) is 0 Å². The second-order valence-electron chi connectivity index (χ2n) is 9.68. The molecule has 2 aliphatic rings. The van der Waals surface area contributed by atoms with Crippen molar-refractivity contribution in [3.63, 3.8) is 0 Å². The number of aliphatic carboxylic acids is 2. The Hall–Kier alpha value is -2.68. The Morgan fingerprint density at radius 1 is 1.28 bits per heavy atom. The van der Waals surface area contributed by atoms with Crippen LogP contribution >= 0.6 is 0 Å². The van der Waals surface area contributed by atoms with Crippen LogP contribution in [0.5, 0.6) is 0 Å². The van der Waals surface area contributed by atoms with E-state index in [1.54, 1.807) is 19.9 Å². The van der Waals surface area contributed by atoms with Gasteiger partial charge in [-0.1, -0.05) is 13.8 Å². The van der Waals surface area contributed by atoms with Crippen molar-refractivity contribution in [1.29, 1.82) is 0 Å². The number of carboxylic acids is 2. The number of hydrogen-bond acceptors (Lipinski definition) is 7. The summed E-state index contributed by atoms with van der Waals surface area (Å²) in [5.74, 6) is -5.55. The predicted molar refractivity (Wildman–Crippen MR) is 109 cm³/mol. The topological polar surface area (TPSA) is 151 Å². The third kappa shape index (κ3) is 4.18. The zero-order chi connectivity index (χ0) is 23.8. The van der Waals surface area contributed by atoms with Gasteiger partial charge in [0.15, 0.2) is 11.9 Å². The van der Waals surface area contributed by atoms with Crippen LogP contribution in [0.1, 0.15) is 64.5 Å². The number of rotatable bonds is 7. The number of carboxylic acid groups (broad SMARTS) is 2. The fourth-order valence-electron chi connectivity index (χ4n) is 6.28. The maximum atomic E-state index is 13.7. The monoisotopic (exact) mass is 450 g/mol. The van der Waals surface area contributed by atoms with E-state index in [0.717, 1.165) is 6.92 Å². The lowest BCUT2D eigenvalue weighted by atomic mass is 9.43. The van der Waals surface area contributed by atoms with Crippen LogP contribution < -0.4 is 0 Å². The molecule has 0 spiro atoms. The highest BCUT2D eigenvalue weighted by molar-refractivity contribution is 5.92. The van der Waals surface area contributed by atoms with Crippen molar-refractivity contribution in [2.75, 3.05) is 0 Å². The number of carbonyl (C=O) groups is 4. The molecule has 1 aromatic heterocycles. The van der Waals surface area contributed by atoms with E-state index < -0.39 is 64.5 Å². The minimum atomic E-state index is -1.22. The van der Waals surface area contributed by atoms with Crippen LogP contribution in [-0.4, -0.2) is 45.1 Å². The first kappa shape index (κ1) is 24.0. The van der Waals surface area contributed by atoms with Crippen molar-refractivity contribution in [2.24, 2.45) is 28.6 Å². The molecule has 0 saturated heterocycles. The maximum Gasteiger partial charge on any atom is 0.307 e. The molecule has 32 heavy (non-hydrogen) atoms. The van der Waals surface area contributed by atoms with Crippen LogP contribution in [0.3, 0.4) is 0 Å². The Morgan fingerprint density at radius 2 is 1.97 bits per heavy atom. The zero-order valence-corrected chi connectivity index (χ0v) is 18.4. The zero-order valence-electron chi connectivity index (χ0n) is 18.4. The highest BCUT2D eigenvalue weighted by Gasteiger charge is 2.65. The molecule has 2 aliphatic carbocycles. The van der Waals surface area contributed by atoms with E-state index in [1.165, 1.54) is 12.5 Å². The van der Waals surface area contributed by atoms with Gasteiger partial charge in [-0.25, -0.2) is 0 Å². The third-order valence-corrected chi connectivity index (χ3v) is 7.72. The van der Waals surface area contributed by atoms with Gasteiger partial charge in [0.1, 0.15) is 0 Å². The molecular formula is C23H30O9. The molecular weight excluding hydrogens is 420 g/mol. The van der Waals surface area contributed by atoms with Crippen molar-refractivity contribution in [3.8, 4) is 0 Å². The van der Waals surface area contributed by atoms with Gasteiger partial charge >= 0.3 is 17.9 Å². The molecule has 0 amide bonds. The van der Waals surface area contributed by atoms with Crippen molar-refractivity contribution >= 4 is 23.7 Å². The van der Waals surface area contributed by atoms with Crippen LogP contribution in [0.15, 0.2) is 23.0 Å². The molecule has 9 heteroatoms. The average molecular weight is 450 g/mol. The Kier molecular flexibility index (Phi) is 6.51. The van der Waals surface area contributed by atoms with E-state index in [2.05, 4.69) is 0 Å². The first-order chi connectivity index (χ1) is 14.9. The van der Waals surface area contributed by atoms with Gasteiger partial charge in [0.2, 0.25) is 0 Å². The van der Waals surface area contributed by atoms with Gasteiger partial charge < -0.3 is 24.5 Å². The summed E-state index contributed by atoms with van der Waals surface area (Å²) in [4.78, 5) is 49.2. The molecule has 0 radical (unpaired) electrons. The quantitative estimate of drug-likeness (QED) is 0.532. The fourth-order valence-corrected chi connectivity index (χ4v) is 6.28. The lowest BCUT2D eigenvalue weighted by molar-refractivity contribution is -0.192. The highest BCUT2D eigenvalue weighted by Crippen LogP contribution is 2.63. The second-order valence-corrected chi connectivity index (χ2v) is 9.68. The number of aliphatic hydroxyl groups is 1. The largest absolute Gasteiger partial charge is 0.481 e. The average Bonchev–Trinajstić information content (AvgIpc) is 3.20. The van der Waals surface area contributed by atoms with Gasteiger partial charge in [-0.2, -0.15) is 0 Å². The van der Waals surface area contributed by atoms with Crippen molar-refractivity contribution in [2.45, 2.75) is 65.1 Å². The standard InChI is InChI=1S/C23H30O9/c1-12(24)32-17-9-15(21(29)30)22(2)6-4-14(8-18(26)27)23(3,20(22)19(17)28)10-16(25)13-5-7-31-11-13/h5,7,11,14-17,20,25H,4,6,8-10H2,1-3H3,(H,26,27)(H,29,30)/t14-,15+,16+,17+,20+,22+,23-/m1/s1. The van der Waals surface area contributed by atoms with E-state index in [-0.39, 0.29) is 19.3 Å². The number of ketones is 1. The number of ether oxygens (including phenoxy) is 1. The molecule has 0 unspecified atom stereocenters. The lowest BCUT2D eigenvalue weighted by Gasteiger charge is -2.60. The summed E-state index contributed by atoms with van der Waals surface area (Å²) in [5, 5.41) is 30.4. The van der Waals surface area contributed by atoms with E-state index >= 15 is 0 Å². The molecule has 2 saturated carbocycles. The molecule has 9 nitrogen and oxygen atoms in total. The van der Waals surface area contributed by atoms with Gasteiger partial charge in [-0.3, -0.25) is 19.2 Å². The minimum Gasteiger partial charge on any atom is -0.481 e. The Labute approximate surface area is 185 Å². The minimum absolute atomic E-state index is 0.0373. The number of hydrogen-bond donors (Lipinski definition) is 3. The maximum absolute atomic E-state index is 13.7. The number of carbonyl (C=O) groups excluding carboxylic acids is 2.